The molecule has 0 heterocycles. The van der Waals surface area contributed by atoms with Crippen LogP contribution in [0.2, 0.25) is 0 Å². The summed E-state index contributed by atoms with van der Waals surface area (Å²) in [5, 5.41) is 0. The number of ether oxygens (including phenoxy) is 1. The second-order valence-electron chi connectivity index (χ2n) is 5.02. The molecule has 206 valence electrons. The maximum atomic E-state index is 10.7. The molecule has 0 bridgehead atoms. The topological polar surface area (TPSA) is 181 Å². The molecule has 0 unspecified atom stereocenters. The summed E-state index contributed by atoms with van der Waals surface area (Å²) in [5.41, 5.74) is -16.9. The zero-order valence-electron chi connectivity index (χ0n) is 17.0. The summed E-state index contributed by atoms with van der Waals surface area (Å²) in [5.74, 6) is 0. The summed E-state index contributed by atoms with van der Waals surface area (Å²) >= 11 is 0. The molecule has 0 aromatic rings. The van der Waals surface area contributed by atoms with Gasteiger partial charge >= 0.3 is 49.2 Å². The van der Waals surface area contributed by atoms with Crippen LogP contribution in [0, 0.1) is 0 Å². The van der Waals surface area contributed by atoms with Crippen molar-refractivity contribution >= 4 is 30.4 Å². The molecule has 0 aliphatic heterocycles. The number of rotatable bonds is 6. The molecule has 0 amide bonds. The Kier molecular flexibility index (Phi) is 23.9. The van der Waals surface area contributed by atoms with Gasteiger partial charge in [0, 0.05) is 13.2 Å². The SMILES string of the molecule is CCCCOCCCC.O=S(=O)([O-])C(F)(F)F.O=S(=O)([O-])C(F)(F)F.O=S(=O)([O-])C(F)(F)F.[Y+3]. The van der Waals surface area contributed by atoms with Crippen LogP contribution in [0.25, 0.3) is 0 Å². The van der Waals surface area contributed by atoms with Crippen LogP contribution >= 0.6 is 0 Å². The predicted octanol–water partition coefficient (Wildman–Crippen LogP) is 2.75. The van der Waals surface area contributed by atoms with Crippen molar-refractivity contribution in [3.63, 3.8) is 0 Å². The van der Waals surface area contributed by atoms with Crippen LogP contribution in [-0.2, 0) is 67.8 Å². The van der Waals surface area contributed by atoms with E-state index in [-0.39, 0.29) is 32.7 Å². The molecule has 0 aromatic heterocycles. The smallest absolute Gasteiger partial charge is 0.741 e. The van der Waals surface area contributed by atoms with Crippen LogP contribution in [0.3, 0.4) is 0 Å². The fraction of sp³-hybridized carbons (Fsp3) is 1.00. The van der Waals surface area contributed by atoms with Crippen molar-refractivity contribution in [3.8, 4) is 0 Å². The molecule has 0 aliphatic rings. The maximum absolute atomic E-state index is 10.7. The van der Waals surface area contributed by atoms with Gasteiger partial charge in [0.25, 0.3) is 0 Å². The third-order valence-corrected chi connectivity index (χ3v) is 3.84. The van der Waals surface area contributed by atoms with E-state index in [0.29, 0.717) is 0 Å². The van der Waals surface area contributed by atoms with E-state index in [0.717, 1.165) is 13.2 Å². The minimum atomic E-state index is -6.09. The zero-order valence-corrected chi connectivity index (χ0v) is 22.3. The van der Waals surface area contributed by atoms with Gasteiger partial charge in [-0.25, -0.2) is 25.3 Å². The zero-order chi connectivity index (χ0) is 27.9. The fourth-order valence-corrected chi connectivity index (χ4v) is 0.595. The van der Waals surface area contributed by atoms with Crippen LogP contribution in [0.15, 0.2) is 0 Å². The van der Waals surface area contributed by atoms with Gasteiger partial charge < -0.3 is 18.4 Å². The average Bonchev–Trinajstić information content (AvgIpc) is 2.51. The molecule has 0 aliphatic carbocycles. The average molecular weight is 666 g/mol. The van der Waals surface area contributed by atoms with Gasteiger partial charge in [-0.05, 0) is 12.8 Å². The molecular weight excluding hydrogens is 648 g/mol. The molecular formula is C11H18F9O10S3Y. The van der Waals surface area contributed by atoms with Crippen molar-refractivity contribution in [3.05, 3.63) is 0 Å². The van der Waals surface area contributed by atoms with Crippen molar-refractivity contribution < 1.29 is 116 Å². The first-order valence-corrected chi connectivity index (χ1v) is 12.0. The van der Waals surface area contributed by atoms with Gasteiger partial charge in [-0.15, -0.1) is 0 Å². The van der Waals surface area contributed by atoms with E-state index in [1.165, 1.54) is 25.7 Å². The quantitative estimate of drug-likeness (QED) is 0.177. The van der Waals surface area contributed by atoms with Gasteiger partial charge in [0.1, 0.15) is 0 Å². The Morgan fingerprint density at radius 3 is 0.794 bits per heavy atom. The van der Waals surface area contributed by atoms with E-state index in [9.17, 15) is 39.5 Å². The third kappa shape index (κ3) is 28.4. The summed E-state index contributed by atoms with van der Waals surface area (Å²) in [7, 11) is -18.3. The number of hydrogen-bond donors (Lipinski definition) is 0. The second-order valence-corrected chi connectivity index (χ2v) is 9.13. The van der Waals surface area contributed by atoms with Gasteiger partial charge in [-0.2, -0.15) is 39.5 Å². The summed E-state index contributed by atoms with van der Waals surface area (Å²) in [6, 6.07) is 0. The van der Waals surface area contributed by atoms with E-state index < -0.39 is 46.9 Å². The Hall–Kier alpha value is 0.164. The second kappa shape index (κ2) is 18.4. The van der Waals surface area contributed by atoms with Gasteiger partial charge in [-0.1, -0.05) is 26.7 Å². The molecule has 34 heavy (non-hydrogen) atoms. The van der Waals surface area contributed by atoms with E-state index in [1.54, 1.807) is 0 Å². The molecule has 0 saturated heterocycles. The van der Waals surface area contributed by atoms with Crippen molar-refractivity contribution in [1.29, 1.82) is 0 Å². The first-order chi connectivity index (χ1) is 14.2. The van der Waals surface area contributed by atoms with Crippen LogP contribution < -0.4 is 0 Å². The maximum Gasteiger partial charge on any atom is 3.00 e. The number of hydrogen-bond acceptors (Lipinski definition) is 10. The van der Waals surface area contributed by atoms with Gasteiger partial charge in [0.05, 0.1) is 0 Å². The largest absolute Gasteiger partial charge is 3.00 e. The normalized spacial score (nSPS) is 12.5. The summed E-state index contributed by atoms with van der Waals surface area (Å²) in [6.07, 6.45) is 4.91. The Balaban J connectivity index is -0.000000109. The Bertz CT molecular complexity index is 714. The summed E-state index contributed by atoms with van der Waals surface area (Å²) in [6.45, 7) is 6.28. The molecule has 0 aromatic carbocycles. The van der Waals surface area contributed by atoms with E-state index in [4.69, 9.17) is 43.6 Å². The van der Waals surface area contributed by atoms with Crippen molar-refractivity contribution in [2.45, 2.75) is 56.1 Å². The van der Waals surface area contributed by atoms with E-state index in [1.807, 2.05) is 0 Å². The minimum absolute atomic E-state index is 0. The standard InChI is InChI=1S/C8H18O.3CHF3O3S.Y/c1-3-5-7-9-8-6-4-2;3*2-1(3,4)8(5,6)7;/h3-8H2,1-2H3;3*(H,5,6,7);/q;;;;+3/p-3. The Labute approximate surface area is 214 Å². The van der Waals surface area contributed by atoms with Crippen molar-refractivity contribution in [2.75, 3.05) is 13.2 Å². The number of alkyl halides is 9. The van der Waals surface area contributed by atoms with Crippen LogP contribution in [-0.4, -0.2) is 68.7 Å². The molecule has 0 N–H and O–H groups in total. The van der Waals surface area contributed by atoms with Gasteiger partial charge in [0.15, 0.2) is 30.4 Å². The van der Waals surface area contributed by atoms with Crippen molar-refractivity contribution in [2.24, 2.45) is 0 Å². The van der Waals surface area contributed by atoms with Gasteiger partial charge in [-0.3, -0.25) is 0 Å². The van der Waals surface area contributed by atoms with Gasteiger partial charge in [0.2, 0.25) is 0 Å². The summed E-state index contributed by atoms with van der Waals surface area (Å²) < 4.78 is 182. The molecule has 0 rings (SSSR count). The van der Waals surface area contributed by atoms with Crippen LogP contribution in [0.5, 0.6) is 0 Å². The first-order valence-electron chi connectivity index (χ1n) is 7.80. The Morgan fingerprint density at radius 2 is 0.706 bits per heavy atom. The summed E-state index contributed by atoms with van der Waals surface area (Å²) in [4.78, 5) is 0. The fourth-order valence-electron chi connectivity index (χ4n) is 0.595. The first kappa shape index (κ1) is 44.2. The molecule has 0 spiro atoms. The monoisotopic (exact) mass is 666 g/mol. The number of halogens is 9. The number of unbranched alkanes of at least 4 members (excludes halogenated alkanes) is 2. The van der Waals surface area contributed by atoms with Crippen LogP contribution in [0.1, 0.15) is 39.5 Å². The molecule has 0 atom stereocenters. The minimum Gasteiger partial charge on any atom is -0.741 e. The molecule has 0 fully saturated rings. The molecule has 10 nitrogen and oxygen atoms in total. The molecule has 0 radical (unpaired) electrons. The third-order valence-electron chi connectivity index (χ3n) is 2.13. The predicted molar refractivity (Wildman–Crippen MR) is 87.9 cm³/mol. The van der Waals surface area contributed by atoms with E-state index in [2.05, 4.69) is 13.8 Å². The molecule has 0 saturated carbocycles. The Morgan fingerprint density at radius 1 is 0.559 bits per heavy atom. The van der Waals surface area contributed by atoms with Crippen LogP contribution in [0.4, 0.5) is 39.5 Å². The van der Waals surface area contributed by atoms with Crippen molar-refractivity contribution in [1.82, 2.24) is 0 Å². The van der Waals surface area contributed by atoms with E-state index >= 15 is 0 Å². The molecule has 23 heteroatoms.